The van der Waals surface area contributed by atoms with E-state index in [1.807, 2.05) is 110 Å². The summed E-state index contributed by atoms with van der Waals surface area (Å²) in [5.41, 5.74) is 5.67. The highest BCUT2D eigenvalue weighted by Gasteiger charge is 2.23. The zero-order valence-electron chi connectivity index (χ0n) is 26.6. The first kappa shape index (κ1) is 33.0. The summed E-state index contributed by atoms with van der Waals surface area (Å²) >= 11 is 1.39. The van der Waals surface area contributed by atoms with Gasteiger partial charge in [-0.05, 0) is 78.1 Å². The number of amides is 3. The monoisotopic (exact) mass is 639 g/mol. The van der Waals surface area contributed by atoms with Crippen molar-refractivity contribution in [1.82, 2.24) is 5.32 Å². The first-order valence-corrected chi connectivity index (χ1v) is 16.3. The molecule has 236 valence electrons. The van der Waals surface area contributed by atoms with Crippen LogP contribution in [0.15, 0.2) is 144 Å². The van der Waals surface area contributed by atoms with Gasteiger partial charge < -0.3 is 16.0 Å². The highest BCUT2D eigenvalue weighted by molar-refractivity contribution is 8.00. The van der Waals surface area contributed by atoms with Crippen LogP contribution in [0.1, 0.15) is 57.6 Å². The molecule has 0 heterocycles. The molecule has 0 saturated heterocycles. The number of thioether (sulfide) groups is 1. The largest absolute Gasteiger partial charge is 0.325 e. The number of aryl methyl sites for hydroxylation is 1. The standard InChI is InChI=1S/C40H37N3O3S/c1-27(2)30-20-22-33(23-21-30)41-40(46)37(31-14-6-4-7-15-31)47-35-19-11-18-34(26-35)42-39(45)36(25-29-13-10-12-28(3)24-29)43-38(44)32-16-8-5-9-17-32/h4-27,37H,1-3H3,(H,41,46)(H,42,45)(H,43,44)/b36-25+. The maximum atomic E-state index is 13.7. The summed E-state index contributed by atoms with van der Waals surface area (Å²) in [5.74, 6) is -0.617. The Kier molecular flexibility index (Phi) is 11.0. The number of hydrogen-bond donors (Lipinski definition) is 3. The summed E-state index contributed by atoms with van der Waals surface area (Å²) in [6.07, 6.45) is 1.66. The molecule has 7 heteroatoms. The van der Waals surface area contributed by atoms with Crippen LogP contribution in [0.4, 0.5) is 11.4 Å². The Morgan fingerprint density at radius 2 is 1.34 bits per heavy atom. The lowest BCUT2D eigenvalue weighted by Crippen LogP contribution is -2.30. The maximum absolute atomic E-state index is 13.7. The normalized spacial score (nSPS) is 11.9. The molecule has 5 aromatic rings. The lowest BCUT2D eigenvalue weighted by atomic mass is 10.0. The average molecular weight is 640 g/mol. The van der Waals surface area contributed by atoms with Crippen molar-refractivity contribution in [3.63, 3.8) is 0 Å². The van der Waals surface area contributed by atoms with Gasteiger partial charge >= 0.3 is 0 Å². The minimum Gasteiger partial charge on any atom is -0.325 e. The molecular weight excluding hydrogens is 603 g/mol. The molecular formula is C40H37N3O3S. The van der Waals surface area contributed by atoms with Crippen molar-refractivity contribution in [1.29, 1.82) is 0 Å². The topological polar surface area (TPSA) is 87.3 Å². The lowest BCUT2D eigenvalue weighted by Gasteiger charge is -2.18. The third-order valence-corrected chi connectivity index (χ3v) is 8.66. The van der Waals surface area contributed by atoms with Gasteiger partial charge in [0.1, 0.15) is 10.9 Å². The summed E-state index contributed by atoms with van der Waals surface area (Å²) in [6.45, 7) is 6.23. The summed E-state index contributed by atoms with van der Waals surface area (Å²) < 4.78 is 0. The fourth-order valence-electron chi connectivity index (χ4n) is 4.91. The van der Waals surface area contributed by atoms with E-state index < -0.39 is 11.2 Å². The predicted octanol–water partition coefficient (Wildman–Crippen LogP) is 9.00. The van der Waals surface area contributed by atoms with E-state index >= 15 is 0 Å². The quantitative estimate of drug-likeness (QED) is 0.0995. The molecule has 0 radical (unpaired) electrons. The number of benzene rings is 5. The van der Waals surface area contributed by atoms with E-state index in [0.717, 1.165) is 27.3 Å². The number of carbonyl (C=O) groups excluding carboxylic acids is 3. The van der Waals surface area contributed by atoms with Gasteiger partial charge in [0.15, 0.2) is 0 Å². The SMILES string of the molecule is Cc1cccc(/C=C(/NC(=O)c2ccccc2)C(=O)Nc2cccc(SC(C(=O)Nc3ccc(C(C)C)cc3)c3ccccc3)c2)c1. The van der Waals surface area contributed by atoms with Gasteiger partial charge in [-0.3, -0.25) is 14.4 Å². The van der Waals surface area contributed by atoms with E-state index in [1.165, 1.54) is 17.3 Å². The van der Waals surface area contributed by atoms with Crippen LogP contribution < -0.4 is 16.0 Å². The molecule has 3 amide bonds. The molecule has 47 heavy (non-hydrogen) atoms. The summed E-state index contributed by atoms with van der Waals surface area (Å²) in [4.78, 5) is 41.1. The van der Waals surface area contributed by atoms with Crippen LogP contribution >= 0.6 is 11.8 Å². The number of hydrogen-bond acceptors (Lipinski definition) is 4. The van der Waals surface area contributed by atoms with Crippen LogP contribution in [-0.4, -0.2) is 17.7 Å². The van der Waals surface area contributed by atoms with Crippen LogP contribution in [0.25, 0.3) is 6.08 Å². The molecule has 0 aliphatic heterocycles. The Morgan fingerprint density at radius 1 is 0.660 bits per heavy atom. The minimum atomic E-state index is -0.547. The second-order valence-corrected chi connectivity index (χ2v) is 12.6. The zero-order valence-corrected chi connectivity index (χ0v) is 27.4. The Balaban J connectivity index is 1.36. The van der Waals surface area contributed by atoms with E-state index in [1.54, 1.807) is 36.4 Å². The second-order valence-electron chi connectivity index (χ2n) is 11.4. The van der Waals surface area contributed by atoms with E-state index in [-0.39, 0.29) is 17.5 Å². The molecule has 1 unspecified atom stereocenters. The molecule has 0 fully saturated rings. The summed E-state index contributed by atoms with van der Waals surface area (Å²) in [7, 11) is 0. The van der Waals surface area contributed by atoms with Gasteiger partial charge in [0.2, 0.25) is 5.91 Å². The van der Waals surface area contributed by atoms with Crippen molar-refractivity contribution in [2.75, 3.05) is 10.6 Å². The molecule has 0 saturated carbocycles. The Morgan fingerprint density at radius 3 is 2.02 bits per heavy atom. The minimum absolute atomic E-state index is 0.104. The van der Waals surface area contributed by atoms with Gasteiger partial charge in [-0.25, -0.2) is 0 Å². The number of anilines is 2. The smallest absolute Gasteiger partial charge is 0.272 e. The van der Waals surface area contributed by atoms with Gasteiger partial charge in [0.05, 0.1) is 0 Å². The number of nitrogens with one attached hydrogen (secondary N) is 3. The van der Waals surface area contributed by atoms with Crippen LogP contribution in [-0.2, 0) is 9.59 Å². The molecule has 0 aromatic heterocycles. The van der Waals surface area contributed by atoms with Crippen LogP contribution in [0.3, 0.4) is 0 Å². The Hall–Kier alpha value is -5.40. The molecule has 6 nitrogen and oxygen atoms in total. The third kappa shape index (κ3) is 9.31. The first-order chi connectivity index (χ1) is 22.7. The van der Waals surface area contributed by atoms with E-state index in [9.17, 15) is 14.4 Å². The summed E-state index contributed by atoms with van der Waals surface area (Å²) in [5, 5.41) is 8.25. The van der Waals surface area contributed by atoms with E-state index in [0.29, 0.717) is 17.2 Å². The molecule has 5 aromatic carbocycles. The predicted molar refractivity (Wildman–Crippen MR) is 192 cm³/mol. The van der Waals surface area contributed by atoms with Gasteiger partial charge in [0.25, 0.3) is 11.8 Å². The fraction of sp³-hybridized carbons (Fsp3) is 0.125. The fourth-order valence-corrected chi connectivity index (χ4v) is 5.99. The van der Waals surface area contributed by atoms with Crippen LogP contribution in [0.2, 0.25) is 0 Å². The molecule has 0 aliphatic carbocycles. The number of rotatable bonds is 11. The molecule has 3 N–H and O–H groups in total. The van der Waals surface area contributed by atoms with Crippen molar-refractivity contribution >= 4 is 46.9 Å². The van der Waals surface area contributed by atoms with Crippen LogP contribution in [0.5, 0.6) is 0 Å². The van der Waals surface area contributed by atoms with E-state index in [2.05, 4.69) is 29.8 Å². The highest BCUT2D eigenvalue weighted by atomic mass is 32.2. The maximum Gasteiger partial charge on any atom is 0.272 e. The lowest BCUT2D eigenvalue weighted by molar-refractivity contribution is -0.116. The molecule has 1 atom stereocenters. The van der Waals surface area contributed by atoms with Crippen molar-refractivity contribution in [3.05, 3.63) is 167 Å². The van der Waals surface area contributed by atoms with Crippen molar-refractivity contribution < 1.29 is 14.4 Å². The van der Waals surface area contributed by atoms with Gasteiger partial charge in [0, 0.05) is 21.8 Å². The van der Waals surface area contributed by atoms with Crippen molar-refractivity contribution in [2.45, 2.75) is 36.8 Å². The van der Waals surface area contributed by atoms with Gasteiger partial charge in [-0.2, -0.15) is 0 Å². The van der Waals surface area contributed by atoms with Gasteiger partial charge in [-0.1, -0.05) is 110 Å². The van der Waals surface area contributed by atoms with Gasteiger partial charge in [-0.15, -0.1) is 11.8 Å². The second kappa shape index (κ2) is 15.7. The zero-order chi connectivity index (χ0) is 33.2. The molecule has 0 bridgehead atoms. The van der Waals surface area contributed by atoms with Crippen LogP contribution in [0, 0.1) is 6.92 Å². The highest BCUT2D eigenvalue weighted by Crippen LogP contribution is 2.37. The first-order valence-electron chi connectivity index (χ1n) is 15.4. The molecule has 0 spiro atoms. The molecule has 0 aliphatic rings. The Labute approximate surface area is 280 Å². The molecule has 5 rings (SSSR count). The summed E-state index contributed by atoms with van der Waals surface area (Å²) in [6, 6.07) is 41.3. The van der Waals surface area contributed by atoms with Crippen molar-refractivity contribution in [2.24, 2.45) is 0 Å². The van der Waals surface area contributed by atoms with E-state index in [4.69, 9.17) is 0 Å². The number of carbonyl (C=O) groups is 3. The average Bonchev–Trinajstić information content (AvgIpc) is 3.08. The van der Waals surface area contributed by atoms with Crippen molar-refractivity contribution in [3.8, 4) is 0 Å². The third-order valence-electron chi connectivity index (χ3n) is 7.41. The Bertz CT molecular complexity index is 1870.